The zero-order valence-electron chi connectivity index (χ0n) is 15.5. The van der Waals surface area contributed by atoms with Gasteiger partial charge in [-0.25, -0.2) is 9.97 Å². The molecular formula is C24H18N2O. The largest absolute Gasteiger partial charge is 0.456 e. The van der Waals surface area contributed by atoms with Gasteiger partial charge in [0.2, 0.25) is 0 Å². The summed E-state index contributed by atoms with van der Waals surface area (Å²) in [6, 6.07) is 18.7. The highest BCUT2D eigenvalue weighted by atomic mass is 16.3. The van der Waals surface area contributed by atoms with E-state index in [2.05, 4.69) is 45.0 Å². The van der Waals surface area contributed by atoms with Gasteiger partial charge in [0.1, 0.15) is 11.2 Å². The van der Waals surface area contributed by atoms with Crippen LogP contribution in [0.3, 0.4) is 0 Å². The van der Waals surface area contributed by atoms with Crippen molar-refractivity contribution in [2.45, 2.75) is 26.2 Å². The number of fused-ring (bicyclic) bond motifs is 3. The minimum atomic E-state index is -0.284. The number of nitrogens with zero attached hydrogens (tertiary/aromatic N) is 2. The minimum Gasteiger partial charge on any atom is -0.456 e. The van der Waals surface area contributed by atoms with E-state index in [0.717, 1.165) is 50.1 Å². The Morgan fingerprint density at radius 1 is 0.815 bits per heavy atom. The molecule has 130 valence electrons. The van der Waals surface area contributed by atoms with Gasteiger partial charge in [0.25, 0.3) is 0 Å². The summed E-state index contributed by atoms with van der Waals surface area (Å²) < 4.78 is 6.29. The van der Waals surface area contributed by atoms with Gasteiger partial charge in [0.15, 0.2) is 0 Å². The van der Waals surface area contributed by atoms with Gasteiger partial charge in [-0.05, 0) is 36.2 Å². The Kier molecular flexibility index (Phi) is 2.62. The number of benzene rings is 3. The number of aromatic nitrogens is 2. The summed E-state index contributed by atoms with van der Waals surface area (Å²) in [6.45, 7) is 6.59. The fourth-order valence-electron chi connectivity index (χ4n) is 4.52. The van der Waals surface area contributed by atoms with Crippen molar-refractivity contribution in [2.24, 2.45) is 0 Å². The molecule has 5 aromatic rings. The molecule has 0 radical (unpaired) electrons. The summed E-state index contributed by atoms with van der Waals surface area (Å²) in [5.41, 5.74) is 8.96. The fraction of sp³-hybridized carbons (Fsp3) is 0.167. The van der Waals surface area contributed by atoms with E-state index in [1.807, 2.05) is 30.3 Å². The minimum absolute atomic E-state index is 0.284. The first-order chi connectivity index (χ1) is 13.1. The van der Waals surface area contributed by atoms with Gasteiger partial charge in [-0.1, -0.05) is 50.2 Å². The Morgan fingerprint density at radius 3 is 2.41 bits per heavy atom. The van der Waals surface area contributed by atoms with Crippen molar-refractivity contribution in [2.75, 3.05) is 0 Å². The molecule has 0 bridgehead atoms. The molecule has 0 saturated heterocycles. The number of para-hydroxylation sites is 2. The van der Waals surface area contributed by atoms with E-state index in [0.29, 0.717) is 0 Å². The van der Waals surface area contributed by atoms with Crippen molar-refractivity contribution in [3.05, 3.63) is 71.4 Å². The molecule has 0 aliphatic heterocycles. The van der Waals surface area contributed by atoms with Crippen LogP contribution >= 0.6 is 0 Å². The Labute approximate surface area is 156 Å². The standard InChI is InChI=1S/C24H18N2O/c1-13-11-12-15-20-19-14(7-6-10-18(19)27-22(13)20)21-23(24(15,2)3)26-17-9-5-4-8-16(17)25-21/h4-12H,1-3H3. The van der Waals surface area contributed by atoms with Gasteiger partial charge in [0, 0.05) is 21.8 Å². The van der Waals surface area contributed by atoms with Gasteiger partial charge < -0.3 is 4.42 Å². The molecule has 0 amide bonds. The number of aryl methyl sites for hydroxylation is 1. The van der Waals surface area contributed by atoms with E-state index in [9.17, 15) is 0 Å². The average Bonchev–Trinajstić information content (AvgIpc) is 3.04. The third kappa shape index (κ3) is 1.76. The first-order valence-corrected chi connectivity index (χ1v) is 9.28. The second-order valence-corrected chi connectivity index (χ2v) is 7.95. The van der Waals surface area contributed by atoms with Crippen LogP contribution in [0.4, 0.5) is 0 Å². The maximum absolute atomic E-state index is 6.29. The van der Waals surface area contributed by atoms with Crippen molar-refractivity contribution < 1.29 is 4.42 Å². The molecule has 0 atom stereocenters. The number of furan rings is 1. The van der Waals surface area contributed by atoms with E-state index < -0.39 is 0 Å². The van der Waals surface area contributed by atoms with E-state index >= 15 is 0 Å². The predicted octanol–water partition coefficient (Wildman–Crippen LogP) is 6.14. The molecule has 3 aromatic carbocycles. The number of rotatable bonds is 0. The molecule has 3 nitrogen and oxygen atoms in total. The fourth-order valence-corrected chi connectivity index (χ4v) is 4.52. The lowest BCUT2D eigenvalue weighted by atomic mass is 9.79. The lowest BCUT2D eigenvalue weighted by molar-refractivity contribution is 0.622. The first kappa shape index (κ1) is 14.9. The third-order valence-electron chi connectivity index (χ3n) is 5.93. The molecule has 0 fully saturated rings. The molecule has 0 spiro atoms. The zero-order chi connectivity index (χ0) is 18.3. The highest BCUT2D eigenvalue weighted by Gasteiger charge is 2.36. The van der Waals surface area contributed by atoms with Crippen LogP contribution in [-0.4, -0.2) is 9.97 Å². The molecule has 0 unspecified atom stereocenters. The van der Waals surface area contributed by atoms with Crippen LogP contribution in [0.1, 0.15) is 30.7 Å². The molecule has 2 aromatic heterocycles. The van der Waals surface area contributed by atoms with Gasteiger partial charge in [-0.15, -0.1) is 0 Å². The third-order valence-corrected chi connectivity index (χ3v) is 5.93. The van der Waals surface area contributed by atoms with Gasteiger partial charge in [0.05, 0.1) is 22.4 Å². The molecule has 27 heavy (non-hydrogen) atoms. The van der Waals surface area contributed by atoms with Crippen molar-refractivity contribution in [1.82, 2.24) is 9.97 Å². The maximum Gasteiger partial charge on any atom is 0.138 e. The van der Waals surface area contributed by atoms with Crippen LogP contribution in [0.25, 0.3) is 44.2 Å². The van der Waals surface area contributed by atoms with Gasteiger partial charge >= 0.3 is 0 Å². The van der Waals surface area contributed by atoms with Crippen molar-refractivity contribution in [3.8, 4) is 11.3 Å². The van der Waals surface area contributed by atoms with Gasteiger partial charge in [-0.2, -0.15) is 0 Å². The summed E-state index contributed by atoms with van der Waals surface area (Å²) in [6.07, 6.45) is 0. The average molecular weight is 350 g/mol. The normalized spacial score (nSPS) is 14.8. The van der Waals surface area contributed by atoms with E-state index in [1.54, 1.807) is 0 Å². The first-order valence-electron chi connectivity index (χ1n) is 9.28. The molecule has 3 heteroatoms. The number of hydrogen-bond donors (Lipinski definition) is 0. The molecule has 0 saturated carbocycles. The molecule has 1 aliphatic carbocycles. The summed E-state index contributed by atoms with van der Waals surface area (Å²) in [5.74, 6) is 0. The number of hydrogen-bond acceptors (Lipinski definition) is 3. The van der Waals surface area contributed by atoms with Crippen LogP contribution in [-0.2, 0) is 5.41 Å². The van der Waals surface area contributed by atoms with Crippen LogP contribution in [0, 0.1) is 6.92 Å². The second-order valence-electron chi connectivity index (χ2n) is 7.95. The maximum atomic E-state index is 6.29. The Bertz CT molecular complexity index is 1410. The van der Waals surface area contributed by atoms with Crippen LogP contribution in [0.2, 0.25) is 0 Å². The highest BCUT2D eigenvalue weighted by molar-refractivity contribution is 6.16. The Hall–Kier alpha value is -3.20. The second kappa shape index (κ2) is 4.74. The van der Waals surface area contributed by atoms with E-state index in [-0.39, 0.29) is 5.41 Å². The highest BCUT2D eigenvalue weighted by Crippen LogP contribution is 2.49. The van der Waals surface area contributed by atoms with Crippen molar-refractivity contribution >= 4 is 33.0 Å². The summed E-state index contributed by atoms with van der Waals surface area (Å²) in [7, 11) is 0. The van der Waals surface area contributed by atoms with Crippen LogP contribution in [0.5, 0.6) is 0 Å². The summed E-state index contributed by atoms with van der Waals surface area (Å²) >= 11 is 0. The van der Waals surface area contributed by atoms with Gasteiger partial charge in [-0.3, -0.25) is 0 Å². The quantitative estimate of drug-likeness (QED) is 0.336. The molecule has 6 rings (SSSR count). The SMILES string of the molecule is Cc1ccc2c3c1oc1cccc(c13)-c1nc3ccccc3nc1C2(C)C. The summed E-state index contributed by atoms with van der Waals surface area (Å²) in [5, 5.41) is 2.36. The van der Waals surface area contributed by atoms with Crippen molar-refractivity contribution in [3.63, 3.8) is 0 Å². The molecule has 1 aliphatic rings. The monoisotopic (exact) mass is 350 g/mol. The molecule has 0 N–H and O–H groups in total. The summed E-state index contributed by atoms with van der Waals surface area (Å²) in [4.78, 5) is 10.2. The lowest BCUT2D eigenvalue weighted by Gasteiger charge is -2.26. The Morgan fingerprint density at radius 2 is 1.59 bits per heavy atom. The smallest absolute Gasteiger partial charge is 0.138 e. The Balaban J connectivity index is 1.92. The van der Waals surface area contributed by atoms with E-state index in [4.69, 9.17) is 14.4 Å². The molecule has 2 heterocycles. The van der Waals surface area contributed by atoms with Crippen molar-refractivity contribution in [1.29, 1.82) is 0 Å². The van der Waals surface area contributed by atoms with Crippen LogP contribution < -0.4 is 0 Å². The van der Waals surface area contributed by atoms with E-state index in [1.165, 1.54) is 10.9 Å². The topological polar surface area (TPSA) is 38.9 Å². The lowest BCUT2D eigenvalue weighted by Crippen LogP contribution is -2.22. The van der Waals surface area contributed by atoms with Crippen LogP contribution in [0.15, 0.2) is 59.0 Å². The molecular weight excluding hydrogens is 332 g/mol. The predicted molar refractivity (Wildman–Crippen MR) is 109 cm³/mol. The zero-order valence-corrected chi connectivity index (χ0v) is 15.5.